The molecule has 1 atom stereocenters. The number of nitrogens with zero attached hydrogens (tertiary/aromatic N) is 2. The number of carbonyl (C=O) groups is 2. The van der Waals surface area contributed by atoms with Crippen molar-refractivity contribution in [1.82, 2.24) is 4.90 Å². The van der Waals surface area contributed by atoms with Crippen molar-refractivity contribution in [3.8, 4) is 11.1 Å². The third-order valence-corrected chi connectivity index (χ3v) is 5.71. The second-order valence-corrected chi connectivity index (χ2v) is 7.79. The van der Waals surface area contributed by atoms with Gasteiger partial charge in [0.25, 0.3) is 0 Å². The molecule has 1 aliphatic rings. The van der Waals surface area contributed by atoms with Crippen LogP contribution in [0.3, 0.4) is 0 Å². The van der Waals surface area contributed by atoms with Gasteiger partial charge in [-0.3, -0.25) is 9.59 Å². The molecule has 5 nitrogen and oxygen atoms in total. The van der Waals surface area contributed by atoms with Crippen LogP contribution in [0.1, 0.15) is 12.0 Å². The predicted molar refractivity (Wildman–Crippen MR) is 124 cm³/mol. The molecule has 0 aromatic heterocycles. The molecule has 1 aliphatic heterocycles. The van der Waals surface area contributed by atoms with Gasteiger partial charge in [0.2, 0.25) is 11.8 Å². The van der Waals surface area contributed by atoms with Crippen molar-refractivity contribution in [2.24, 2.45) is 5.73 Å². The van der Waals surface area contributed by atoms with Crippen molar-refractivity contribution in [2.45, 2.75) is 18.9 Å². The molecule has 3 aromatic carbocycles. The van der Waals surface area contributed by atoms with Crippen LogP contribution in [-0.2, 0) is 16.0 Å². The summed E-state index contributed by atoms with van der Waals surface area (Å²) in [5.74, 6) is -0.133. The van der Waals surface area contributed by atoms with Gasteiger partial charge in [-0.15, -0.1) is 0 Å². The van der Waals surface area contributed by atoms with Crippen LogP contribution in [-0.4, -0.2) is 42.4 Å². The molecule has 0 spiro atoms. The van der Waals surface area contributed by atoms with Gasteiger partial charge in [0, 0.05) is 25.1 Å². The maximum absolute atomic E-state index is 13.2. The summed E-state index contributed by atoms with van der Waals surface area (Å²) >= 11 is 0. The van der Waals surface area contributed by atoms with Crippen molar-refractivity contribution in [3.63, 3.8) is 0 Å². The average Bonchev–Trinajstić information content (AvgIpc) is 2.81. The first kappa shape index (κ1) is 20.8. The van der Waals surface area contributed by atoms with Gasteiger partial charge in [-0.2, -0.15) is 0 Å². The predicted octanol–water partition coefficient (Wildman–Crippen LogP) is 3.49. The van der Waals surface area contributed by atoms with Crippen LogP contribution in [0, 0.1) is 0 Å². The SMILES string of the molecule is NCCC(=O)N1CC(=O)N(c2ccccc2-c2ccccc2)C[C@H]1Cc1ccccc1. The monoisotopic (exact) mass is 413 g/mol. The number of amides is 2. The minimum atomic E-state index is -0.108. The number of hydrogen-bond acceptors (Lipinski definition) is 3. The van der Waals surface area contributed by atoms with E-state index in [1.165, 1.54) is 0 Å². The Hall–Kier alpha value is -3.44. The highest BCUT2D eigenvalue weighted by Crippen LogP contribution is 2.33. The molecule has 0 bridgehead atoms. The van der Waals surface area contributed by atoms with Gasteiger partial charge in [0.1, 0.15) is 6.54 Å². The van der Waals surface area contributed by atoms with E-state index >= 15 is 0 Å². The molecule has 158 valence electrons. The van der Waals surface area contributed by atoms with Gasteiger partial charge in [-0.1, -0.05) is 78.9 Å². The molecule has 0 unspecified atom stereocenters. The lowest BCUT2D eigenvalue weighted by Gasteiger charge is -2.41. The fraction of sp³-hybridized carbons (Fsp3) is 0.231. The Morgan fingerprint density at radius 1 is 0.903 bits per heavy atom. The number of nitrogens with two attached hydrogens (primary N) is 1. The minimum Gasteiger partial charge on any atom is -0.330 e. The Morgan fingerprint density at radius 2 is 1.55 bits per heavy atom. The average molecular weight is 414 g/mol. The van der Waals surface area contributed by atoms with Crippen molar-refractivity contribution in [1.29, 1.82) is 0 Å². The van der Waals surface area contributed by atoms with Crippen molar-refractivity contribution < 1.29 is 9.59 Å². The lowest BCUT2D eigenvalue weighted by molar-refractivity contribution is -0.139. The van der Waals surface area contributed by atoms with Crippen LogP contribution in [0.25, 0.3) is 11.1 Å². The van der Waals surface area contributed by atoms with E-state index in [9.17, 15) is 9.59 Å². The molecule has 2 amide bonds. The maximum atomic E-state index is 13.2. The zero-order chi connectivity index (χ0) is 21.6. The Bertz CT molecular complexity index is 1040. The Labute approximate surface area is 183 Å². The number of rotatable bonds is 6. The Balaban J connectivity index is 1.67. The van der Waals surface area contributed by atoms with Gasteiger partial charge in [-0.05, 0) is 23.6 Å². The fourth-order valence-corrected chi connectivity index (χ4v) is 4.19. The highest BCUT2D eigenvalue weighted by molar-refractivity contribution is 6.01. The molecule has 1 fully saturated rings. The van der Waals surface area contributed by atoms with Crippen LogP contribution >= 0.6 is 0 Å². The summed E-state index contributed by atoms with van der Waals surface area (Å²) in [6, 6.07) is 28.0. The number of hydrogen-bond donors (Lipinski definition) is 1. The zero-order valence-corrected chi connectivity index (χ0v) is 17.5. The van der Waals surface area contributed by atoms with E-state index < -0.39 is 0 Å². The van der Waals surface area contributed by atoms with E-state index in [-0.39, 0.29) is 37.4 Å². The molecule has 5 heteroatoms. The highest BCUT2D eigenvalue weighted by atomic mass is 16.2. The summed E-state index contributed by atoms with van der Waals surface area (Å²) in [5.41, 5.74) is 9.72. The minimum absolute atomic E-state index is 0.0622. The first-order chi connectivity index (χ1) is 15.2. The molecule has 0 aliphatic carbocycles. The summed E-state index contributed by atoms with van der Waals surface area (Å²) in [7, 11) is 0. The van der Waals surface area contributed by atoms with E-state index in [1.54, 1.807) is 4.90 Å². The first-order valence-electron chi connectivity index (χ1n) is 10.7. The van der Waals surface area contributed by atoms with Gasteiger partial charge in [-0.25, -0.2) is 0 Å². The Morgan fingerprint density at radius 3 is 2.26 bits per heavy atom. The number of anilines is 1. The standard InChI is InChI=1S/C26H27N3O2/c27-16-15-25(30)28-19-26(31)29(18-22(28)17-20-9-3-1-4-10-20)24-14-8-7-13-23(24)21-11-5-2-6-12-21/h1-14,22H,15-19,27H2/t22-/m1/s1. The van der Waals surface area contributed by atoms with E-state index in [2.05, 4.69) is 12.1 Å². The summed E-state index contributed by atoms with van der Waals surface area (Å²) in [6.45, 7) is 0.801. The van der Waals surface area contributed by atoms with E-state index in [1.807, 2.05) is 77.7 Å². The molecule has 4 rings (SSSR count). The third kappa shape index (κ3) is 4.67. The lowest BCUT2D eigenvalue weighted by Crippen LogP contribution is -2.59. The van der Waals surface area contributed by atoms with Crippen LogP contribution in [0.5, 0.6) is 0 Å². The van der Waals surface area contributed by atoms with Gasteiger partial charge < -0.3 is 15.5 Å². The summed E-state index contributed by atoms with van der Waals surface area (Å²) in [5, 5.41) is 0. The van der Waals surface area contributed by atoms with Crippen LogP contribution < -0.4 is 10.6 Å². The molecule has 0 saturated carbocycles. The van der Waals surface area contributed by atoms with Crippen LogP contribution in [0.2, 0.25) is 0 Å². The number of piperazine rings is 1. The third-order valence-electron chi connectivity index (χ3n) is 5.71. The fourth-order valence-electron chi connectivity index (χ4n) is 4.19. The summed E-state index contributed by atoms with van der Waals surface area (Å²) in [4.78, 5) is 29.5. The smallest absolute Gasteiger partial charge is 0.246 e. The summed E-state index contributed by atoms with van der Waals surface area (Å²) in [6.07, 6.45) is 0.938. The Kier molecular flexibility index (Phi) is 6.43. The largest absolute Gasteiger partial charge is 0.330 e. The molecule has 0 radical (unpaired) electrons. The highest BCUT2D eigenvalue weighted by Gasteiger charge is 2.36. The number of benzene rings is 3. The van der Waals surface area contributed by atoms with Crippen LogP contribution in [0.15, 0.2) is 84.9 Å². The second kappa shape index (κ2) is 9.58. The van der Waals surface area contributed by atoms with Crippen molar-refractivity contribution >= 4 is 17.5 Å². The van der Waals surface area contributed by atoms with Crippen molar-refractivity contribution in [3.05, 3.63) is 90.5 Å². The molecular weight excluding hydrogens is 386 g/mol. The van der Waals surface area contributed by atoms with Gasteiger partial charge in [0.05, 0.1) is 11.7 Å². The van der Waals surface area contributed by atoms with Crippen molar-refractivity contribution in [2.75, 3.05) is 24.5 Å². The molecule has 1 heterocycles. The quantitative estimate of drug-likeness (QED) is 0.673. The molecule has 31 heavy (non-hydrogen) atoms. The van der Waals surface area contributed by atoms with Gasteiger partial charge >= 0.3 is 0 Å². The molecular formula is C26H27N3O2. The lowest BCUT2D eigenvalue weighted by atomic mass is 9.98. The molecule has 2 N–H and O–H groups in total. The maximum Gasteiger partial charge on any atom is 0.246 e. The van der Waals surface area contributed by atoms with E-state index in [4.69, 9.17) is 5.73 Å². The van der Waals surface area contributed by atoms with E-state index in [0.717, 1.165) is 22.4 Å². The first-order valence-corrected chi connectivity index (χ1v) is 10.7. The van der Waals surface area contributed by atoms with Crippen LogP contribution in [0.4, 0.5) is 5.69 Å². The second-order valence-electron chi connectivity index (χ2n) is 7.79. The van der Waals surface area contributed by atoms with Gasteiger partial charge in [0.15, 0.2) is 0 Å². The summed E-state index contributed by atoms with van der Waals surface area (Å²) < 4.78 is 0. The molecule has 3 aromatic rings. The zero-order valence-electron chi connectivity index (χ0n) is 17.5. The topological polar surface area (TPSA) is 66.6 Å². The number of carbonyl (C=O) groups excluding carboxylic acids is 2. The van der Waals surface area contributed by atoms with E-state index in [0.29, 0.717) is 13.0 Å². The molecule has 1 saturated heterocycles. The normalized spacial score (nSPS) is 16.4. The number of para-hydroxylation sites is 1.